The second kappa shape index (κ2) is 9.72. The van der Waals surface area contributed by atoms with Crippen molar-refractivity contribution in [2.75, 3.05) is 11.9 Å². The number of fused-ring (bicyclic) bond motifs is 1. The van der Waals surface area contributed by atoms with Gasteiger partial charge in [0.05, 0.1) is 27.4 Å². The van der Waals surface area contributed by atoms with Crippen molar-refractivity contribution in [3.63, 3.8) is 0 Å². The number of para-hydroxylation sites is 1. The van der Waals surface area contributed by atoms with Crippen LogP contribution in [-0.4, -0.2) is 41.7 Å². The number of hydrogen-bond acceptors (Lipinski definition) is 6. The first-order chi connectivity index (χ1) is 17.3. The lowest BCUT2D eigenvalue weighted by atomic mass is 10.0. The van der Waals surface area contributed by atoms with Crippen LogP contribution in [-0.2, 0) is 16.6 Å². The molecule has 1 aliphatic carbocycles. The van der Waals surface area contributed by atoms with Gasteiger partial charge in [-0.25, -0.2) is 13.4 Å². The van der Waals surface area contributed by atoms with E-state index in [4.69, 9.17) is 4.98 Å². The first-order valence-electron chi connectivity index (χ1n) is 11.9. The molecule has 0 aliphatic heterocycles. The number of nitrogens with zero attached hydrogens (tertiary/aromatic N) is 4. The van der Waals surface area contributed by atoms with Crippen LogP contribution < -0.4 is 4.90 Å². The summed E-state index contributed by atoms with van der Waals surface area (Å²) < 4.78 is 28.2. The molecule has 1 fully saturated rings. The predicted molar refractivity (Wildman–Crippen MR) is 143 cm³/mol. The molecule has 0 spiro atoms. The van der Waals surface area contributed by atoms with Crippen molar-refractivity contribution in [3.05, 3.63) is 83.7 Å². The minimum absolute atomic E-state index is 0.0694. The van der Waals surface area contributed by atoms with Crippen molar-refractivity contribution in [1.82, 2.24) is 14.3 Å². The molecule has 7 nitrogen and oxygen atoms in total. The molecule has 9 heteroatoms. The van der Waals surface area contributed by atoms with E-state index in [1.54, 1.807) is 30.3 Å². The van der Waals surface area contributed by atoms with Crippen LogP contribution in [0.1, 0.15) is 54.2 Å². The second-order valence-electron chi connectivity index (χ2n) is 9.33. The van der Waals surface area contributed by atoms with E-state index in [1.165, 1.54) is 27.8 Å². The van der Waals surface area contributed by atoms with Gasteiger partial charge in [0.2, 0.25) is 10.0 Å². The predicted octanol–water partition coefficient (Wildman–Crippen LogP) is 5.44. The number of amides is 1. The zero-order valence-electron chi connectivity index (χ0n) is 20.5. The number of rotatable bonds is 8. The number of hydrogen-bond donors (Lipinski definition) is 0. The van der Waals surface area contributed by atoms with Crippen LogP contribution in [0.2, 0.25) is 0 Å². The third kappa shape index (κ3) is 4.78. The van der Waals surface area contributed by atoms with Crippen molar-refractivity contribution in [3.8, 4) is 0 Å². The van der Waals surface area contributed by atoms with E-state index in [-0.39, 0.29) is 23.4 Å². The van der Waals surface area contributed by atoms with Crippen LogP contribution in [0.3, 0.4) is 0 Å². The zero-order valence-corrected chi connectivity index (χ0v) is 22.1. The maximum Gasteiger partial charge on any atom is 0.260 e. The summed E-state index contributed by atoms with van der Waals surface area (Å²) in [5.41, 5.74) is 3.16. The normalized spacial score (nSPS) is 14.0. The zero-order chi connectivity index (χ0) is 25.4. The number of carbonyl (C=O) groups is 1. The smallest absolute Gasteiger partial charge is 0.260 e. The molecule has 36 heavy (non-hydrogen) atoms. The van der Waals surface area contributed by atoms with Gasteiger partial charge in [0.15, 0.2) is 5.13 Å². The van der Waals surface area contributed by atoms with Gasteiger partial charge in [0.1, 0.15) is 0 Å². The van der Waals surface area contributed by atoms with Crippen molar-refractivity contribution >= 4 is 42.6 Å². The Morgan fingerprint density at radius 3 is 2.44 bits per heavy atom. The Hall–Kier alpha value is -3.14. The van der Waals surface area contributed by atoms with Crippen LogP contribution in [0.4, 0.5) is 5.13 Å². The van der Waals surface area contributed by atoms with Crippen molar-refractivity contribution in [2.45, 2.75) is 50.1 Å². The molecule has 0 bridgehead atoms. The minimum Gasteiger partial charge on any atom is -0.278 e. The van der Waals surface area contributed by atoms with E-state index in [2.05, 4.69) is 24.9 Å². The summed E-state index contributed by atoms with van der Waals surface area (Å²) in [6.45, 7) is 4.50. The van der Waals surface area contributed by atoms with Gasteiger partial charge >= 0.3 is 0 Å². The summed E-state index contributed by atoms with van der Waals surface area (Å²) in [7, 11) is -1.97. The van der Waals surface area contributed by atoms with E-state index in [1.807, 2.05) is 30.3 Å². The highest BCUT2D eigenvalue weighted by Crippen LogP contribution is 2.35. The molecular weight excluding hydrogens is 492 g/mol. The van der Waals surface area contributed by atoms with Gasteiger partial charge in [-0.15, -0.1) is 0 Å². The van der Waals surface area contributed by atoms with E-state index >= 15 is 0 Å². The fourth-order valence-corrected chi connectivity index (χ4v) is 6.56. The molecule has 1 aliphatic rings. The number of aromatic nitrogens is 2. The summed E-state index contributed by atoms with van der Waals surface area (Å²) in [5.74, 6) is 0.0390. The average molecular weight is 521 g/mol. The van der Waals surface area contributed by atoms with Crippen molar-refractivity contribution in [2.24, 2.45) is 0 Å². The van der Waals surface area contributed by atoms with Crippen LogP contribution in [0.5, 0.6) is 0 Å². The number of benzene rings is 2. The number of carbonyl (C=O) groups excluding carboxylic acids is 1. The molecular formula is C27H28N4O3S2. The molecule has 0 atom stereocenters. The molecule has 4 aromatic rings. The summed E-state index contributed by atoms with van der Waals surface area (Å²) in [4.78, 5) is 24.9. The summed E-state index contributed by atoms with van der Waals surface area (Å²) in [6.07, 6.45) is 3.47. The highest BCUT2D eigenvalue weighted by molar-refractivity contribution is 7.89. The quantitative estimate of drug-likeness (QED) is 0.309. The fourth-order valence-electron chi connectivity index (χ4n) is 4.15. The number of anilines is 1. The van der Waals surface area contributed by atoms with Gasteiger partial charge in [-0.1, -0.05) is 43.4 Å². The Bertz CT molecular complexity index is 1500. The van der Waals surface area contributed by atoms with E-state index in [0.29, 0.717) is 16.6 Å². The Morgan fingerprint density at radius 1 is 1.06 bits per heavy atom. The molecule has 2 heterocycles. The first-order valence-corrected chi connectivity index (χ1v) is 14.2. The molecule has 1 saturated carbocycles. The first kappa shape index (κ1) is 24.5. The molecule has 2 aromatic heterocycles. The number of sulfonamides is 1. The van der Waals surface area contributed by atoms with Crippen LogP contribution in [0.15, 0.2) is 71.8 Å². The highest BCUT2D eigenvalue weighted by atomic mass is 32.2. The molecule has 0 N–H and O–H groups in total. The molecule has 0 radical (unpaired) electrons. The van der Waals surface area contributed by atoms with Gasteiger partial charge in [0.25, 0.3) is 5.91 Å². The van der Waals surface area contributed by atoms with Crippen molar-refractivity contribution < 1.29 is 13.2 Å². The van der Waals surface area contributed by atoms with Gasteiger partial charge in [-0.3, -0.25) is 14.7 Å². The van der Waals surface area contributed by atoms with Gasteiger partial charge in [-0.2, -0.15) is 4.31 Å². The SMILES string of the molecule is CC(C)c1cccc2sc(N(Cc3ccccn3)C(=O)c3ccc(S(=O)(=O)N(C)C4CC4)cc3)nc12. The van der Waals surface area contributed by atoms with Crippen LogP contribution in [0.25, 0.3) is 10.2 Å². The third-order valence-electron chi connectivity index (χ3n) is 6.42. The van der Waals surface area contributed by atoms with Gasteiger partial charge in [0, 0.05) is 24.8 Å². The summed E-state index contributed by atoms with van der Waals surface area (Å²) in [5, 5.41) is 0.582. The van der Waals surface area contributed by atoms with Crippen LogP contribution >= 0.6 is 11.3 Å². The maximum atomic E-state index is 13.8. The van der Waals surface area contributed by atoms with Gasteiger partial charge < -0.3 is 0 Å². The molecule has 2 aromatic carbocycles. The molecule has 186 valence electrons. The second-order valence-corrected chi connectivity index (χ2v) is 12.3. The summed E-state index contributed by atoms with van der Waals surface area (Å²) >= 11 is 1.46. The Balaban J connectivity index is 1.51. The van der Waals surface area contributed by atoms with E-state index < -0.39 is 10.0 Å². The number of thiazole rings is 1. The van der Waals surface area contributed by atoms with Crippen molar-refractivity contribution in [1.29, 1.82) is 0 Å². The van der Waals surface area contributed by atoms with E-state index in [9.17, 15) is 13.2 Å². The Morgan fingerprint density at radius 2 is 1.81 bits per heavy atom. The highest BCUT2D eigenvalue weighted by Gasteiger charge is 2.35. The maximum absolute atomic E-state index is 13.8. The standard InChI is InChI=1S/C27H28N4O3S2/c1-18(2)23-8-6-9-24-25(23)29-27(35-24)31(17-20-7-4-5-16-28-20)26(32)19-10-14-22(15-11-19)36(33,34)30(3)21-12-13-21/h4-11,14-16,18,21H,12-13,17H2,1-3H3. The van der Waals surface area contributed by atoms with Crippen LogP contribution in [0, 0.1) is 0 Å². The Labute approximate surface area is 215 Å². The lowest BCUT2D eigenvalue weighted by Gasteiger charge is -2.20. The fraction of sp³-hybridized carbons (Fsp3) is 0.296. The molecule has 5 rings (SSSR count). The third-order valence-corrected chi connectivity index (χ3v) is 9.39. The minimum atomic E-state index is -3.58. The van der Waals surface area contributed by atoms with E-state index in [0.717, 1.165) is 34.3 Å². The number of pyridine rings is 1. The molecule has 0 unspecified atom stereocenters. The lowest BCUT2D eigenvalue weighted by molar-refractivity contribution is 0.0984. The largest absolute Gasteiger partial charge is 0.278 e. The topological polar surface area (TPSA) is 83.5 Å². The Kier molecular flexibility index (Phi) is 6.63. The molecule has 0 saturated heterocycles. The molecule has 1 amide bonds. The monoisotopic (exact) mass is 520 g/mol. The van der Waals surface area contributed by atoms with Gasteiger partial charge in [-0.05, 0) is 66.8 Å². The lowest BCUT2D eigenvalue weighted by Crippen LogP contribution is -2.31. The summed E-state index contributed by atoms with van der Waals surface area (Å²) in [6, 6.07) is 17.9. The average Bonchev–Trinajstić information content (AvgIpc) is 3.64.